The van der Waals surface area contributed by atoms with Crippen LogP contribution in [0.1, 0.15) is 74.9 Å². The third kappa shape index (κ3) is 6.03. The highest BCUT2D eigenvalue weighted by molar-refractivity contribution is 7.90. The lowest BCUT2D eigenvalue weighted by atomic mass is 9.83. The summed E-state index contributed by atoms with van der Waals surface area (Å²) in [5, 5.41) is 0.148. The van der Waals surface area contributed by atoms with Crippen molar-refractivity contribution in [1.29, 1.82) is 0 Å². The van der Waals surface area contributed by atoms with Crippen LogP contribution in [-0.4, -0.2) is 42.8 Å². The average molecular weight is 507 g/mol. The molecule has 0 spiro atoms. The molecule has 0 radical (unpaired) electrons. The lowest BCUT2D eigenvalue weighted by Gasteiger charge is -2.21. The molecular weight excluding hydrogens is 476 g/mol. The van der Waals surface area contributed by atoms with Gasteiger partial charge < -0.3 is 9.47 Å². The van der Waals surface area contributed by atoms with Gasteiger partial charge >= 0.3 is 0 Å². The van der Waals surface area contributed by atoms with Gasteiger partial charge in [-0.05, 0) is 43.9 Å². The minimum absolute atomic E-state index is 0.0266. The number of rotatable bonds is 8. The fraction of sp³-hybridized carbons (Fsp3) is 0.560. The molecule has 0 unspecified atom stereocenters. The van der Waals surface area contributed by atoms with Crippen molar-refractivity contribution < 1.29 is 22.7 Å². The van der Waals surface area contributed by atoms with Gasteiger partial charge in [0.2, 0.25) is 0 Å². The van der Waals surface area contributed by atoms with Crippen molar-refractivity contribution in [2.45, 2.75) is 75.1 Å². The number of Topliss-reactive ketones (excluding diaryl/α,β-unsaturated/α-hetero) is 1. The van der Waals surface area contributed by atoms with Gasteiger partial charge in [0.1, 0.15) is 11.9 Å². The number of hydrogen-bond acceptors (Lipinski definition) is 7. The minimum atomic E-state index is -3.44. The zero-order valence-corrected chi connectivity index (χ0v) is 21.4. The number of carbonyl (C=O) groups is 1. The average Bonchev–Trinajstić information content (AvgIpc) is 3.40. The fourth-order valence-corrected chi connectivity index (χ4v) is 6.16. The summed E-state index contributed by atoms with van der Waals surface area (Å²) < 4.78 is 35.3. The molecular formula is C25H31ClN2O5S. The topological polar surface area (TPSA) is 95.5 Å². The Labute approximate surface area is 206 Å². The van der Waals surface area contributed by atoms with Crippen LogP contribution in [0.2, 0.25) is 5.02 Å². The van der Waals surface area contributed by atoms with Crippen molar-refractivity contribution in [3.05, 3.63) is 52.6 Å². The molecule has 2 fully saturated rings. The van der Waals surface area contributed by atoms with E-state index in [0.29, 0.717) is 23.9 Å². The number of benzene rings is 1. The zero-order chi connectivity index (χ0) is 24.5. The first kappa shape index (κ1) is 25.2. The number of hydrogen-bond donors (Lipinski definition) is 0. The van der Waals surface area contributed by atoms with Crippen LogP contribution in [0.4, 0.5) is 0 Å². The van der Waals surface area contributed by atoms with E-state index in [1.165, 1.54) is 18.9 Å². The molecule has 184 valence electrons. The lowest BCUT2D eigenvalue weighted by molar-refractivity contribution is -0.139. The predicted octanol–water partition coefficient (Wildman–Crippen LogP) is 4.83. The molecule has 1 aromatic carbocycles. The van der Waals surface area contributed by atoms with Gasteiger partial charge in [0.05, 0.1) is 40.5 Å². The van der Waals surface area contributed by atoms with Crippen LogP contribution >= 0.6 is 11.6 Å². The molecule has 4 rings (SSSR count). The Hall–Kier alpha value is -1.87. The Balaban J connectivity index is 1.52. The normalized spacial score (nSPS) is 21.6. The number of ketones is 1. The molecule has 1 aromatic heterocycles. The van der Waals surface area contributed by atoms with Gasteiger partial charge in [-0.3, -0.25) is 14.8 Å². The molecule has 9 heteroatoms. The smallest absolute Gasteiger partial charge is 0.176 e. The van der Waals surface area contributed by atoms with Crippen LogP contribution < -0.4 is 0 Å². The van der Waals surface area contributed by atoms with E-state index in [0.717, 1.165) is 31.1 Å². The molecule has 0 bridgehead atoms. The molecule has 0 amide bonds. The Morgan fingerprint density at radius 2 is 1.94 bits per heavy atom. The molecule has 2 heterocycles. The van der Waals surface area contributed by atoms with Gasteiger partial charge in [-0.15, -0.1) is 0 Å². The number of nitrogens with zero attached hydrogens (tertiary/aromatic N) is 2. The van der Waals surface area contributed by atoms with Crippen LogP contribution in [-0.2, 0) is 30.5 Å². The van der Waals surface area contributed by atoms with E-state index in [2.05, 4.69) is 9.97 Å². The Morgan fingerprint density at radius 3 is 2.50 bits per heavy atom. The van der Waals surface area contributed by atoms with Crippen molar-refractivity contribution in [2.24, 2.45) is 5.92 Å². The first-order chi connectivity index (χ1) is 16.0. The first-order valence-electron chi connectivity index (χ1n) is 11.7. The first-order valence-corrected chi connectivity index (χ1v) is 13.9. The monoisotopic (exact) mass is 506 g/mol. The number of halogens is 1. The van der Waals surface area contributed by atoms with Gasteiger partial charge in [0.15, 0.2) is 15.6 Å². The maximum atomic E-state index is 13.4. The maximum Gasteiger partial charge on any atom is 0.176 e. The quantitative estimate of drug-likeness (QED) is 0.505. The molecule has 2 aliphatic rings. The molecule has 1 saturated heterocycles. The van der Waals surface area contributed by atoms with Crippen molar-refractivity contribution in [3.8, 4) is 0 Å². The van der Waals surface area contributed by atoms with Crippen LogP contribution in [0.25, 0.3) is 0 Å². The van der Waals surface area contributed by atoms with Gasteiger partial charge in [-0.1, -0.05) is 43.4 Å². The zero-order valence-electron chi connectivity index (χ0n) is 19.8. The summed E-state index contributed by atoms with van der Waals surface area (Å²) in [5.74, 6) is -0.525. The van der Waals surface area contributed by atoms with Crippen molar-refractivity contribution >= 4 is 27.2 Å². The summed E-state index contributed by atoms with van der Waals surface area (Å²) in [4.78, 5) is 22.4. The van der Waals surface area contributed by atoms with Gasteiger partial charge in [-0.2, -0.15) is 0 Å². The third-order valence-electron chi connectivity index (χ3n) is 6.61. The Bertz CT molecular complexity index is 1140. The van der Waals surface area contributed by atoms with E-state index >= 15 is 0 Å². The van der Waals surface area contributed by atoms with E-state index in [4.69, 9.17) is 21.1 Å². The number of carbonyl (C=O) groups excluding carboxylic acids is 1. The van der Waals surface area contributed by atoms with Crippen molar-refractivity contribution in [2.75, 3.05) is 12.9 Å². The number of sulfone groups is 1. The van der Waals surface area contributed by atoms with E-state index < -0.39 is 15.6 Å². The molecule has 2 atom stereocenters. The summed E-state index contributed by atoms with van der Waals surface area (Å²) in [7, 11) is -3.44. The minimum Gasteiger partial charge on any atom is -0.347 e. The standard InChI is InChI=1S/C25H31ClN2O5S/c1-25(2)32-15-23(33-25)21-14-27-18(13-28-21)12-22(29)19(10-16-6-4-5-7-16)17-8-9-24(20(26)11-17)34(3,30)31/h8-9,11,13-14,16,19,23H,4-7,10,12,15H2,1-3H3/t19-,23-/m1/s1. The summed E-state index contributed by atoms with van der Waals surface area (Å²) in [6, 6.07) is 4.85. The maximum absolute atomic E-state index is 13.4. The van der Waals surface area contributed by atoms with Crippen molar-refractivity contribution in [3.63, 3.8) is 0 Å². The third-order valence-corrected chi connectivity index (χ3v) is 8.19. The fourth-order valence-electron chi connectivity index (χ4n) is 4.82. The summed E-state index contributed by atoms with van der Waals surface area (Å²) >= 11 is 6.30. The number of ether oxygens (including phenoxy) is 2. The second-order valence-electron chi connectivity index (χ2n) is 9.79. The number of aromatic nitrogens is 2. The highest BCUT2D eigenvalue weighted by Gasteiger charge is 2.34. The van der Waals surface area contributed by atoms with Crippen LogP contribution in [0, 0.1) is 5.92 Å². The molecule has 1 saturated carbocycles. The van der Waals surface area contributed by atoms with Crippen LogP contribution in [0.5, 0.6) is 0 Å². The SMILES string of the molecule is CC1(C)OC[C@H](c2cnc(CC(=O)[C@H](CC3CCCC3)c3ccc(S(C)(=O)=O)c(Cl)c3)cn2)O1. The lowest BCUT2D eigenvalue weighted by Crippen LogP contribution is -2.20. The van der Waals surface area contributed by atoms with Gasteiger partial charge in [-0.25, -0.2) is 8.42 Å². The molecule has 0 N–H and O–H groups in total. The van der Waals surface area contributed by atoms with Crippen molar-refractivity contribution in [1.82, 2.24) is 9.97 Å². The van der Waals surface area contributed by atoms with Gasteiger partial charge in [0.25, 0.3) is 0 Å². The van der Waals surface area contributed by atoms with E-state index in [1.807, 2.05) is 13.8 Å². The Morgan fingerprint density at radius 1 is 1.21 bits per heavy atom. The second-order valence-corrected chi connectivity index (χ2v) is 12.2. The second kappa shape index (κ2) is 10.0. The molecule has 1 aliphatic heterocycles. The van der Waals surface area contributed by atoms with Crippen LogP contribution in [0.15, 0.2) is 35.5 Å². The highest BCUT2D eigenvalue weighted by Crippen LogP contribution is 2.37. The predicted molar refractivity (Wildman–Crippen MR) is 128 cm³/mol. The van der Waals surface area contributed by atoms with E-state index in [9.17, 15) is 13.2 Å². The molecule has 7 nitrogen and oxygen atoms in total. The summed E-state index contributed by atoms with van der Waals surface area (Å²) in [5.41, 5.74) is 2.01. The highest BCUT2D eigenvalue weighted by atomic mass is 35.5. The summed E-state index contributed by atoms with van der Waals surface area (Å²) in [6.07, 6.45) is 9.53. The van der Waals surface area contributed by atoms with Gasteiger partial charge in [0, 0.05) is 18.4 Å². The molecule has 2 aromatic rings. The molecule has 1 aliphatic carbocycles. The largest absolute Gasteiger partial charge is 0.347 e. The Kier molecular flexibility index (Phi) is 7.43. The van der Waals surface area contributed by atoms with E-state index in [-0.39, 0.29) is 34.1 Å². The van der Waals surface area contributed by atoms with Crippen LogP contribution in [0.3, 0.4) is 0 Å². The summed E-state index contributed by atoms with van der Waals surface area (Å²) in [6.45, 7) is 4.12. The van der Waals surface area contributed by atoms with E-state index in [1.54, 1.807) is 24.5 Å². The molecule has 34 heavy (non-hydrogen) atoms.